The summed E-state index contributed by atoms with van der Waals surface area (Å²) in [6.45, 7) is 10.7. The van der Waals surface area contributed by atoms with Crippen molar-refractivity contribution in [2.45, 2.75) is 52.4 Å². The lowest BCUT2D eigenvalue weighted by molar-refractivity contribution is -0.126. The Bertz CT molecular complexity index is 611. The molecule has 28 heavy (non-hydrogen) atoms. The number of hydrogen-bond donors (Lipinski definition) is 1. The van der Waals surface area contributed by atoms with Crippen LogP contribution in [0.5, 0.6) is 0 Å². The summed E-state index contributed by atoms with van der Waals surface area (Å²) in [4.78, 5) is 15.1. The molecule has 3 aliphatic heterocycles. The third-order valence-electron chi connectivity index (χ3n) is 6.37. The molecule has 0 saturated carbocycles. The van der Waals surface area contributed by atoms with Crippen LogP contribution in [0.3, 0.4) is 0 Å². The number of piperidine rings is 2. The largest absolute Gasteiger partial charge is 0.356 e. The number of likely N-dealkylation sites (tertiary alicyclic amines) is 1. The summed E-state index contributed by atoms with van der Waals surface area (Å²) in [6, 6.07) is 0. The highest BCUT2D eigenvalue weighted by molar-refractivity contribution is 7.86. The summed E-state index contributed by atoms with van der Waals surface area (Å²) in [5, 5.41) is 3.06. The molecule has 3 heterocycles. The molecule has 0 bridgehead atoms. The first-order valence-corrected chi connectivity index (χ1v) is 12.5. The summed E-state index contributed by atoms with van der Waals surface area (Å²) in [5.74, 6) is 1.30. The van der Waals surface area contributed by atoms with E-state index in [1.165, 1.54) is 10.7 Å². The van der Waals surface area contributed by atoms with Crippen molar-refractivity contribution in [3.8, 4) is 0 Å². The van der Waals surface area contributed by atoms with Crippen molar-refractivity contribution in [1.29, 1.82) is 0 Å². The van der Waals surface area contributed by atoms with Crippen LogP contribution >= 0.6 is 0 Å². The quantitative estimate of drug-likeness (QED) is 0.641. The summed E-state index contributed by atoms with van der Waals surface area (Å²) in [5.41, 5.74) is 0. The second-order valence-corrected chi connectivity index (χ2v) is 11.1. The van der Waals surface area contributed by atoms with Gasteiger partial charge in [-0.1, -0.05) is 13.8 Å². The van der Waals surface area contributed by atoms with Gasteiger partial charge in [-0.05, 0) is 56.9 Å². The lowest BCUT2D eigenvalue weighted by Gasteiger charge is -2.35. The number of amides is 1. The van der Waals surface area contributed by atoms with E-state index >= 15 is 0 Å². The first-order chi connectivity index (χ1) is 13.4. The van der Waals surface area contributed by atoms with Crippen LogP contribution in [-0.4, -0.2) is 80.2 Å². The van der Waals surface area contributed by atoms with Gasteiger partial charge < -0.3 is 10.2 Å². The van der Waals surface area contributed by atoms with Crippen LogP contribution in [0.15, 0.2) is 0 Å². The third kappa shape index (κ3) is 5.68. The molecule has 7 nitrogen and oxygen atoms in total. The molecule has 0 aromatic carbocycles. The van der Waals surface area contributed by atoms with E-state index in [1.54, 1.807) is 4.31 Å². The zero-order valence-electron chi connectivity index (χ0n) is 17.6. The Hall–Kier alpha value is -0.700. The summed E-state index contributed by atoms with van der Waals surface area (Å²) in [6.07, 6.45) is 5.67. The second-order valence-electron chi connectivity index (χ2n) is 9.16. The zero-order chi connectivity index (χ0) is 20.1. The van der Waals surface area contributed by atoms with Crippen molar-refractivity contribution in [3.05, 3.63) is 0 Å². The molecule has 3 fully saturated rings. The lowest BCUT2D eigenvalue weighted by Crippen LogP contribution is -2.50. The van der Waals surface area contributed by atoms with E-state index in [0.29, 0.717) is 32.7 Å². The highest BCUT2D eigenvalue weighted by Gasteiger charge is 2.36. The van der Waals surface area contributed by atoms with Gasteiger partial charge in [-0.3, -0.25) is 4.79 Å². The fraction of sp³-hybridized carbons (Fsp3) is 0.950. The number of rotatable bonds is 7. The molecule has 0 aromatic rings. The van der Waals surface area contributed by atoms with E-state index < -0.39 is 10.2 Å². The number of nitrogens with zero attached hydrogens (tertiary/aromatic N) is 3. The van der Waals surface area contributed by atoms with Crippen molar-refractivity contribution in [2.75, 3.05) is 52.4 Å². The molecule has 1 amide bonds. The molecular formula is C20H38N4O3S. The third-order valence-corrected chi connectivity index (χ3v) is 8.37. The molecule has 3 aliphatic rings. The van der Waals surface area contributed by atoms with Gasteiger partial charge in [0.15, 0.2) is 0 Å². The summed E-state index contributed by atoms with van der Waals surface area (Å²) < 4.78 is 28.6. The lowest BCUT2D eigenvalue weighted by atomic mass is 9.92. The Morgan fingerprint density at radius 3 is 2.29 bits per heavy atom. The molecule has 0 radical (unpaired) electrons. The van der Waals surface area contributed by atoms with Gasteiger partial charge in [0.1, 0.15) is 0 Å². The van der Waals surface area contributed by atoms with Gasteiger partial charge in [-0.25, -0.2) is 0 Å². The molecule has 1 N–H and O–H groups in total. The van der Waals surface area contributed by atoms with Crippen LogP contribution in [-0.2, 0) is 15.0 Å². The SMILES string of the molecule is C[C@@H]1C[C@@H](C)CN(CCCNC(=O)[C@@H]2CCCN(S(=O)(=O)N3CCCC3)C2)C1. The molecule has 3 saturated heterocycles. The standard InChI is InChI=1S/C20H38N4O3S/c1-17-13-18(2)15-22(14-17)9-6-8-21-20(25)19-7-5-12-24(16-19)28(26,27)23-10-3-4-11-23/h17-19H,3-16H2,1-2H3,(H,21,25)/t17-,18-,19-/m1/s1. The van der Waals surface area contributed by atoms with Gasteiger partial charge in [0.05, 0.1) is 5.92 Å². The molecule has 8 heteroatoms. The van der Waals surface area contributed by atoms with Gasteiger partial charge in [0, 0.05) is 45.8 Å². The fourth-order valence-corrected chi connectivity index (χ4v) is 6.86. The normalized spacial score (nSPS) is 31.1. The zero-order valence-corrected chi connectivity index (χ0v) is 18.4. The minimum absolute atomic E-state index is 0.0155. The maximum Gasteiger partial charge on any atom is 0.281 e. The van der Waals surface area contributed by atoms with E-state index in [0.717, 1.165) is 63.6 Å². The minimum atomic E-state index is -3.40. The Labute approximate surface area is 171 Å². The fourth-order valence-electron chi connectivity index (χ4n) is 5.08. The van der Waals surface area contributed by atoms with Crippen molar-refractivity contribution in [1.82, 2.24) is 18.8 Å². The summed E-state index contributed by atoms with van der Waals surface area (Å²) >= 11 is 0. The maximum absolute atomic E-state index is 12.8. The average molecular weight is 415 g/mol. The highest BCUT2D eigenvalue weighted by atomic mass is 32.2. The minimum Gasteiger partial charge on any atom is -0.356 e. The molecule has 3 rings (SSSR count). The van der Waals surface area contributed by atoms with Crippen LogP contribution in [0.4, 0.5) is 0 Å². The average Bonchev–Trinajstić information content (AvgIpc) is 3.20. The first-order valence-electron chi connectivity index (χ1n) is 11.1. The van der Waals surface area contributed by atoms with E-state index in [1.807, 2.05) is 0 Å². The number of hydrogen-bond acceptors (Lipinski definition) is 4. The molecule has 162 valence electrons. The van der Waals surface area contributed by atoms with Gasteiger partial charge >= 0.3 is 0 Å². The van der Waals surface area contributed by atoms with E-state index in [2.05, 4.69) is 24.1 Å². The molecule has 0 spiro atoms. The van der Waals surface area contributed by atoms with E-state index in [-0.39, 0.29) is 11.8 Å². The van der Waals surface area contributed by atoms with Crippen LogP contribution in [0.25, 0.3) is 0 Å². The van der Waals surface area contributed by atoms with Gasteiger partial charge in [0.25, 0.3) is 10.2 Å². The van der Waals surface area contributed by atoms with Crippen LogP contribution < -0.4 is 5.32 Å². The Morgan fingerprint density at radius 1 is 0.964 bits per heavy atom. The van der Waals surface area contributed by atoms with E-state index in [9.17, 15) is 13.2 Å². The first kappa shape index (κ1) is 22.0. The van der Waals surface area contributed by atoms with Crippen LogP contribution in [0.1, 0.15) is 52.4 Å². The van der Waals surface area contributed by atoms with Crippen molar-refractivity contribution in [3.63, 3.8) is 0 Å². The van der Waals surface area contributed by atoms with Crippen LogP contribution in [0.2, 0.25) is 0 Å². The van der Waals surface area contributed by atoms with E-state index in [4.69, 9.17) is 0 Å². The van der Waals surface area contributed by atoms with Gasteiger partial charge in [-0.2, -0.15) is 17.0 Å². The van der Waals surface area contributed by atoms with Crippen molar-refractivity contribution < 1.29 is 13.2 Å². The van der Waals surface area contributed by atoms with Crippen molar-refractivity contribution >= 4 is 16.1 Å². The van der Waals surface area contributed by atoms with Crippen molar-refractivity contribution in [2.24, 2.45) is 17.8 Å². The predicted molar refractivity (Wildman–Crippen MR) is 111 cm³/mol. The molecule has 0 aromatic heterocycles. The summed E-state index contributed by atoms with van der Waals surface area (Å²) in [7, 11) is -3.40. The number of carbonyl (C=O) groups is 1. The van der Waals surface area contributed by atoms with Crippen LogP contribution in [0, 0.1) is 17.8 Å². The second kappa shape index (κ2) is 9.87. The predicted octanol–water partition coefficient (Wildman–Crippen LogP) is 1.52. The number of nitrogens with one attached hydrogen (secondary N) is 1. The van der Waals surface area contributed by atoms with Gasteiger partial charge in [-0.15, -0.1) is 0 Å². The Balaban J connectivity index is 1.40. The Kier molecular flexibility index (Phi) is 7.75. The molecule has 3 atom stereocenters. The topological polar surface area (TPSA) is 73.0 Å². The smallest absolute Gasteiger partial charge is 0.281 e. The highest BCUT2D eigenvalue weighted by Crippen LogP contribution is 2.24. The monoisotopic (exact) mass is 414 g/mol. The number of carbonyl (C=O) groups excluding carboxylic acids is 1. The molecular weight excluding hydrogens is 376 g/mol. The van der Waals surface area contributed by atoms with Gasteiger partial charge in [0.2, 0.25) is 5.91 Å². The maximum atomic E-state index is 12.8. The Morgan fingerprint density at radius 2 is 1.61 bits per heavy atom. The molecule has 0 unspecified atom stereocenters. The molecule has 0 aliphatic carbocycles.